The maximum atomic E-state index is 12.6. The zero-order chi connectivity index (χ0) is 21.4. The summed E-state index contributed by atoms with van der Waals surface area (Å²) in [6.07, 6.45) is 0.0396. The molecule has 0 bridgehead atoms. The highest BCUT2D eigenvalue weighted by Crippen LogP contribution is 2.25. The lowest BCUT2D eigenvalue weighted by Gasteiger charge is -2.22. The Balaban J connectivity index is 1.86. The quantitative estimate of drug-likeness (QED) is 0.662. The Morgan fingerprint density at radius 3 is 2.03 bits per heavy atom. The molecule has 0 aliphatic carbocycles. The third-order valence-corrected chi connectivity index (χ3v) is 4.61. The van der Waals surface area contributed by atoms with E-state index in [9.17, 15) is 4.79 Å². The third kappa shape index (κ3) is 7.00. The summed E-state index contributed by atoms with van der Waals surface area (Å²) in [4.78, 5) is 12.6. The van der Waals surface area contributed by atoms with E-state index < -0.39 is 6.10 Å². The lowest BCUT2D eigenvalue weighted by molar-refractivity contribution is -0.128. The van der Waals surface area contributed by atoms with Crippen molar-refractivity contribution >= 4 is 5.91 Å². The van der Waals surface area contributed by atoms with Crippen LogP contribution in [0.3, 0.4) is 0 Å². The lowest BCUT2D eigenvalue weighted by atomic mass is 9.87. The Bertz CT molecular complexity index is 763. The van der Waals surface area contributed by atoms with Crippen molar-refractivity contribution in [1.29, 1.82) is 0 Å². The standard InChI is InChI=1S/C24H33NO4/c1-7-22(29-21-10-8-18(9-11-21)24(3,4)5)23(26)25-17(2)16-28-20-14-12-19(27-6)13-15-20/h8-15,17,22H,7,16H2,1-6H3,(H,25,26)/t17-,22-/m1/s1. The van der Waals surface area contributed by atoms with Crippen LogP contribution in [-0.2, 0) is 10.2 Å². The van der Waals surface area contributed by atoms with Gasteiger partial charge in [0.05, 0.1) is 13.2 Å². The fourth-order valence-corrected chi connectivity index (χ4v) is 2.79. The first kappa shape index (κ1) is 22.6. The van der Waals surface area contributed by atoms with Gasteiger partial charge in [-0.25, -0.2) is 0 Å². The summed E-state index contributed by atoms with van der Waals surface area (Å²) >= 11 is 0. The second-order valence-corrected chi connectivity index (χ2v) is 8.19. The third-order valence-electron chi connectivity index (χ3n) is 4.61. The van der Waals surface area contributed by atoms with Crippen LogP contribution < -0.4 is 19.5 Å². The number of benzene rings is 2. The summed E-state index contributed by atoms with van der Waals surface area (Å²) in [5.41, 5.74) is 1.31. The van der Waals surface area contributed by atoms with Crippen LogP contribution in [0, 0.1) is 0 Å². The number of carbonyl (C=O) groups excluding carboxylic acids is 1. The molecule has 0 aromatic heterocycles. The van der Waals surface area contributed by atoms with Crippen molar-refractivity contribution in [2.24, 2.45) is 0 Å². The van der Waals surface area contributed by atoms with Crippen LogP contribution in [-0.4, -0.2) is 31.8 Å². The highest BCUT2D eigenvalue weighted by Gasteiger charge is 2.21. The van der Waals surface area contributed by atoms with Crippen LogP contribution in [0.15, 0.2) is 48.5 Å². The number of hydrogen-bond donors (Lipinski definition) is 1. The van der Waals surface area contributed by atoms with Gasteiger partial charge in [0, 0.05) is 0 Å². The van der Waals surface area contributed by atoms with E-state index in [0.717, 1.165) is 11.5 Å². The van der Waals surface area contributed by atoms with Crippen molar-refractivity contribution < 1.29 is 19.0 Å². The molecule has 2 atom stereocenters. The average Bonchev–Trinajstić information content (AvgIpc) is 2.70. The summed E-state index contributed by atoms with van der Waals surface area (Å²) in [6, 6.07) is 15.1. The highest BCUT2D eigenvalue weighted by atomic mass is 16.5. The van der Waals surface area contributed by atoms with Gasteiger partial charge in [-0.3, -0.25) is 4.79 Å². The van der Waals surface area contributed by atoms with Gasteiger partial charge in [-0.15, -0.1) is 0 Å². The fraction of sp³-hybridized carbons (Fsp3) is 0.458. The van der Waals surface area contributed by atoms with Crippen LogP contribution in [0.25, 0.3) is 0 Å². The molecular formula is C24H33NO4. The van der Waals surface area contributed by atoms with E-state index >= 15 is 0 Å². The predicted octanol–water partition coefficient (Wildman–Crippen LogP) is 4.73. The molecule has 5 nitrogen and oxygen atoms in total. The van der Waals surface area contributed by atoms with Crippen LogP contribution in [0.4, 0.5) is 0 Å². The molecule has 0 radical (unpaired) electrons. The summed E-state index contributed by atoms with van der Waals surface area (Å²) < 4.78 is 16.8. The number of hydrogen-bond acceptors (Lipinski definition) is 4. The zero-order valence-electron chi connectivity index (χ0n) is 18.3. The maximum absolute atomic E-state index is 12.6. The molecule has 0 heterocycles. The van der Waals surface area contributed by atoms with Gasteiger partial charge in [0.2, 0.25) is 0 Å². The first-order valence-electron chi connectivity index (χ1n) is 10.1. The van der Waals surface area contributed by atoms with Crippen molar-refractivity contribution in [3.05, 3.63) is 54.1 Å². The monoisotopic (exact) mass is 399 g/mol. The largest absolute Gasteiger partial charge is 0.497 e. The van der Waals surface area contributed by atoms with Gasteiger partial charge >= 0.3 is 0 Å². The van der Waals surface area contributed by atoms with Gasteiger partial charge in [-0.2, -0.15) is 0 Å². The topological polar surface area (TPSA) is 56.8 Å². The van der Waals surface area contributed by atoms with Crippen LogP contribution in [0.1, 0.15) is 46.6 Å². The summed E-state index contributed by atoms with van der Waals surface area (Å²) in [6.45, 7) is 10.7. The molecule has 1 amide bonds. The molecule has 2 aromatic rings. The zero-order valence-corrected chi connectivity index (χ0v) is 18.3. The van der Waals surface area contributed by atoms with E-state index in [1.54, 1.807) is 7.11 Å². The van der Waals surface area contributed by atoms with Crippen LogP contribution in [0.2, 0.25) is 0 Å². The molecule has 0 aliphatic heterocycles. The summed E-state index contributed by atoms with van der Waals surface area (Å²) in [5.74, 6) is 2.06. The first-order valence-corrected chi connectivity index (χ1v) is 10.1. The van der Waals surface area contributed by atoms with E-state index in [4.69, 9.17) is 14.2 Å². The number of ether oxygens (including phenoxy) is 3. The average molecular weight is 400 g/mol. The molecule has 158 valence electrons. The molecule has 0 aliphatic rings. The molecule has 0 saturated carbocycles. The number of nitrogens with one attached hydrogen (secondary N) is 1. The summed E-state index contributed by atoms with van der Waals surface area (Å²) in [7, 11) is 1.62. The van der Waals surface area contributed by atoms with Crippen molar-refractivity contribution in [3.63, 3.8) is 0 Å². The molecule has 0 spiro atoms. The number of amides is 1. The lowest BCUT2D eigenvalue weighted by Crippen LogP contribution is -2.44. The van der Waals surface area contributed by atoms with Gasteiger partial charge in [0.25, 0.3) is 5.91 Å². The molecular weight excluding hydrogens is 366 g/mol. The molecule has 0 fully saturated rings. The SMILES string of the molecule is CC[C@@H](Oc1ccc(C(C)(C)C)cc1)C(=O)N[C@H](C)COc1ccc(OC)cc1. The van der Waals surface area contributed by atoms with Gasteiger partial charge < -0.3 is 19.5 Å². The van der Waals surface area contributed by atoms with Gasteiger partial charge in [-0.1, -0.05) is 39.8 Å². The number of carbonyl (C=O) groups is 1. The minimum Gasteiger partial charge on any atom is -0.497 e. The minimum atomic E-state index is -0.543. The Morgan fingerprint density at radius 2 is 1.52 bits per heavy atom. The molecule has 5 heteroatoms. The first-order chi connectivity index (χ1) is 13.7. The Morgan fingerprint density at radius 1 is 0.966 bits per heavy atom. The molecule has 1 N–H and O–H groups in total. The van der Waals surface area contributed by atoms with Crippen molar-refractivity contribution in [1.82, 2.24) is 5.32 Å². The van der Waals surface area contributed by atoms with E-state index in [1.165, 1.54) is 5.56 Å². The second kappa shape index (κ2) is 10.2. The van der Waals surface area contributed by atoms with E-state index in [-0.39, 0.29) is 17.4 Å². The fourth-order valence-electron chi connectivity index (χ4n) is 2.79. The Hall–Kier alpha value is -2.69. The minimum absolute atomic E-state index is 0.0827. The Labute approximate surface area is 174 Å². The molecule has 29 heavy (non-hydrogen) atoms. The highest BCUT2D eigenvalue weighted by molar-refractivity contribution is 5.81. The number of methoxy groups -OCH3 is 1. The van der Waals surface area contributed by atoms with Gasteiger partial charge in [0.1, 0.15) is 23.9 Å². The predicted molar refractivity (Wildman–Crippen MR) is 116 cm³/mol. The van der Waals surface area contributed by atoms with Crippen molar-refractivity contribution in [2.45, 2.75) is 58.6 Å². The van der Waals surface area contributed by atoms with Gasteiger partial charge in [-0.05, 0) is 60.7 Å². The smallest absolute Gasteiger partial charge is 0.261 e. The number of rotatable bonds is 9. The summed E-state index contributed by atoms with van der Waals surface area (Å²) in [5, 5.41) is 2.97. The molecule has 2 aromatic carbocycles. The Kier molecular flexibility index (Phi) is 7.94. The van der Waals surface area contributed by atoms with Crippen LogP contribution in [0.5, 0.6) is 17.2 Å². The van der Waals surface area contributed by atoms with Crippen molar-refractivity contribution in [2.75, 3.05) is 13.7 Å². The van der Waals surface area contributed by atoms with Crippen LogP contribution >= 0.6 is 0 Å². The molecule has 2 rings (SSSR count). The molecule has 0 saturated heterocycles. The van der Waals surface area contributed by atoms with Crippen molar-refractivity contribution in [3.8, 4) is 17.2 Å². The van der Waals surface area contributed by atoms with Gasteiger partial charge in [0.15, 0.2) is 6.10 Å². The van der Waals surface area contributed by atoms with E-state index in [1.807, 2.05) is 62.4 Å². The van der Waals surface area contributed by atoms with E-state index in [0.29, 0.717) is 18.8 Å². The second-order valence-electron chi connectivity index (χ2n) is 8.19. The molecule has 0 unspecified atom stereocenters. The van der Waals surface area contributed by atoms with E-state index in [2.05, 4.69) is 26.1 Å². The normalized spacial score (nSPS) is 13.3. The maximum Gasteiger partial charge on any atom is 0.261 e.